The van der Waals surface area contributed by atoms with E-state index in [4.69, 9.17) is 4.74 Å². The molecule has 0 unspecified atom stereocenters. The molecule has 0 heterocycles. The van der Waals surface area contributed by atoms with Gasteiger partial charge in [0.15, 0.2) is 0 Å². The zero-order valence-corrected chi connectivity index (χ0v) is 12.8. The molecule has 0 aliphatic heterocycles. The number of hydrogen-bond donors (Lipinski definition) is 0. The number of alkyl halides is 1. The van der Waals surface area contributed by atoms with E-state index < -0.39 is 0 Å². The highest BCUT2D eigenvalue weighted by atomic mass is 79.9. The summed E-state index contributed by atoms with van der Waals surface area (Å²) in [5.41, 5.74) is 1.37. The Hall–Kier alpha value is -0.340. The van der Waals surface area contributed by atoms with Gasteiger partial charge in [-0.2, -0.15) is 0 Å². The summed E-state index contributed by atoms with van der Waals surface area (Å²) in [6, 6.07) is 10.5. The summed E-state index contributed by atoms with van der Waals surface area (Å²) in [5, 5.41) is 1.15. The molecule has 0 aromatic heterocycles. The Morgan fingerprint density at radius 3 is 2.17 bits per heavy atom. The van der Waals surface area contributed by atoms with Crippen LogP contribution in [0.5, 0.6) is 0 Å². The highest BCUT2D eigenvalue weighted by Gasteiger charge is 1.93. The highest BCUT2D eigenvalue weighted by Crippen LogP contribution is 2.07. The molecular formula is C16H25BrO. The molecule has 0 aliphatic rings. The standard InChI is InChI=1S/C16H25BrO/c17-13-8-3-1-2-4-9-14-18-15-12-16-10-6-5-7-11-16/h5-7,10-11H,1-4,8-9,12-15H2. The van der Waals surface area contributed by atoms with Crippen molar-refractivity contribution in [1.82, 2.24) is 0 Å². The fourth-order valence-electron chi connectivity index (χ4n) is 1.94. The number of rotatable bonds is 11. The Labute approximate surface area is 120 Å². The predicted molar refractivity (Wildman–Crippen MR) is 82.5 cm³/mol. The van der Waals surface area contributed by atoms with E-state index in [0.717, 1.165) is 25.0 Å². The molecule has 0 saturated heterocycles. The maximum Gasteiger partial charge on any atom is 0.0506 e. The first-order chi connectivity index (χ1) is 8.93. The van der Waals surface area contributed by atoms with Crippen LogP contribution in [0, 0.1) is 0 Å². The van der Waals surface area contributed by atoms with Gasteiger partial charge in [-0.05, 0) is 24.8 Å². The maximum absolute atomic E-state index is 5.66. The normalized spacial score (nSPS) is 10.7. The molecule has 0 atom stereocenters. The monoisotopic (exact) mass is 312 g/mol. The third-order valence-electron chi connectivity index (χ3n) is 3.05. The van der Waals surface area contributed by atoms with E-state index in [-0.39, 0.29) is 0 Å². The Balaban J connectivity index is 1.82. The second-order valence-corrected chi connectivity index (χ2v) is 5.45. The average molecular weight is 313 g/mol. The molecule has 0 bridgehead atoms. The summed E-state index contributed by atoms with van der Waals surface area (Å²) in [4.78, 5) is 0. The summed E-state index contributed by atoms with van der Waals surface area (Å²) in [6.45, 7) is 1.78. The van der Waals surface area contributed by atoms with Crippen molar-refractivity contribution in [3.63, 3.8) is 0 Å². The first kappa shape index (κ1) is 15.7. The van der Waals surface area contributed by atoms with Gasteiger partial charge in [-0.25, -0.2) is 0 Å². The minimum atomic E-state index is 0.855. The van der Waals surface area contributed by atoms with Gasteiger partial charge in [0, 0.05) is 11.9 Å². The Bertz CT molecular complexity index is 274. The number of unbranched alkanes of at least 4 members (excludes halogenated alkanes) is 5. The number of hydrogen-bond acceptors (Lipinski definition) is 1. The van der Waals surface area contributed by atoms with Crippen LogP contribution in [0.3, 0.4) is 0 Å². The van der Waals surface area contributed by atoms with Gasteiger partial charge in [-0.3, -0.25) is 0 Å². The van der Waals surface area contributed by atoms with Crippen LogP contribution in [-0.2, 0) is 11.2 Å². The van der Waals surface area contributed by atoms with Crippen LogP contribution in [0.4, 0.5) is 0 Å². The van der Waals surface area contributed by atoms with E-state index in [1.807, 2.05) is 0 Å². The molecule has 1 nitrogen and oxygen atoms in total. The quantitative estimate of drug-likeness (QED) is 0.413. The summed E-state index contributed by atoms with van der Waals surface area (Å²) in [5.74, 6) is 0. The van der Waals surface area contributed by atoms with Crippen molar-refractivity contribution in [3.8, 4) is 0 Å². The van der Waals surface area contributed by atoms with Crippen LogP contribution in [-0.4, -0.2) is 18.5 Å². The van der Waals surface area contributed by atoms with Crippen LogP contribution >= 0.6 is 15.9 Å². The molecule has 0 spiro atoms. The molecule has 2 heteroatoms. The van der Waals surface area contributed by atoms with Crippen molar-refractivity contribution >= 4 is 15.9 Å². The second kappa shape index (κ2) is 11.7. The summed E-state index contributed by atoms with van der Waals surface area (Å²) in [6.07, 6.45) is 8.96. The minimum Gasteiger partial charge on any atom is -0.381 e. The molecule has 1 aromatic rings. The van der Waals surface area contributed by atoms with E-state index >= 15 is 0 Å². The highest BCUT2D eigenvalue weighted by molar-refractivity contribution is 9.09. The lowest BCUT2D eigenvalue weighted by atomic mass is 10.1. The zero-order chi connectivity index (χ0) is 12.9. The first-order valence-corrected chi connectivity index (χ1v) is 8.23. The summed E-state index contributed by atoms with van der Waals surface area (Å²) >= 11 is 3.46. The maximum atomic E-state index is 5.66. The third-order valence-corrected chi connectivity index (χ3v) is 3.61. The fourth-order valence-corrected chi connectivity index (χ4v) is 2.34. The fraction of sp³-hybridized carbons (Fsp3) is 0.625. The van der Waals surface area contributed by atoms with Crippen LogP contribution in [0.15, 0.2) is 30.3 Å². The van der Waals surface area contributed by atoms with Gasteiger partial charge in [-0.1, -0.05) is 71.9 Å². The minimum absolute atomic E-state index is 0.855. The van der Waals surface area contributed by atoms with Crippen molar-refractivity contribution in [1.29, 1.82) is 0 Å². The van der Waals surface area contributed by atoms with Gasteiger partial charge in [0.25, 0.3) is 0 Å². The molecule has 0 aliphatic carbocycles. The van der Waals surface area contributed by atoms with Crippen molar-refractivity contribution in [2.75, 3.05) is 18.5 Å². The Kier molecular flexibility index (Phi) is 10.2. The summed E-state index contributed by atoms with van der Waals surface area (Å²) < 4.78 is 5.66. The lowest BCUT2D eigenvalue weighted by Crippen LogP contribution is -2.00. The third kappa shape index (κ3) is 8.71. The van der Waals surface area contributed by atoms with Gasteiger partial charge in [-0.15, -0.1) is 0 Å². The van der Waals surface area contributed by atoms with Crippen LogP contribution in [0.2, 0.25) is 0 Å². The Morgan fingerprint density at radius 2 is 1.44 bits per heavy atom. The van der Waals surface area contributed by atoms with Gasteiger partial charge in [0.05, 0.1) is 6.61 Å². The van der Waals surface area contributed by atoms with Gasteiger partial charge < -0.3 is 4.74 Å². The molecule has 0 radical (unpaired) electrons. The molecule has 102 valence electrons. The second-order valence-electron chi connectivity index (χ2n) is 4.66. The van der Waals surface area contributed by atoms with Crippen LogP contribution < -0.4 is 0 Å². The molecule has 0 N–H and O–H groups in total. The van der Waals surface area contributed by atoms with E-state index in [0.29, 0.717) is 0 Å². The SMILES string of the molecule is BrCCCCCCCCOCCc1ccccc1. The molecule has 1 aromatic carbocycles. The number of benzene rings is 1. The summed E-state index contributed by atoms with van der Waals surface area (Å²) in [7, 11) is 0. The number of ether oxygens (including phenoxy) is 1. The molecule has 1 rings (SSSR count). The topological polar surface area (TPSA) is 9.23 Å². The van der Waals surface area contributed by atoms with Crippen molar-refractivity contribution in [2.45, 2.75) is 44.9 Å². The molecule has 18 heavy (non-hydrogen) atoms. The molecule has 0 fully saturated rings. The van der Waals surface area contributed by atoms with E-state index in [2.05, 4.69) is 46.3 Å². The first-order valence-electron chi connectivity index (χ1n) is 7.11. The van der Waals surface area contributed by atoms with Crippen LogP contribution in [0.25, 0.3) is 0 Å². The van der Waals surface area contributed by atoms with Gasteiger partial charge in [0.2, 0.25) is 0 Å². The van der Waals surface area contributed by atoms with E-state index in [9.17, 15) is 0 Å². The zero-order valence-electron chi connectivity index (χ0n) is 11.2. The lowest BCUT2D eigenvalue weighted by Gasteiger charge is -2.04. The van der Waals surface area contributed by atoms with Gasteiger partial charge in [0.1, 0.15) is 0 Å². The number of halogens is 1. The van der Waals surface area contributed by atoms with Crippen molar-refractivity contribution in [2.24, 2.45) is 0 Å². The van der Waals surface area contributed by atoms with Gasteiger partial charge >= 0.3 is 0 Å². The van der Waals surface area contributed by atoms with Crippen LogP contribution in [0.1, 0.15) is 44.1 Å². The molecule has 0 amide bonds. The smallest absolute Gasteiger partial charge is 0.0506 e. The largest absolute Gasteiger partial charge is 0.381 e. The van der Waals surface area contributed by atoms with E-state index in [1.165, 1.54) is 44.1 Å². The molecular weight excluding hydrogens is 288 g/mol. The molecule has 0 saturated carbocycles. The predicted octanol–water partition coefficient (Wildman–Crippen LogP) is 4.98. The average Bonchev–Trinajstić information content (AvgIpc) is 2.42. The van der Waals surface area contributed by atoms with E-state index in [1.54, 1.807) is 0 Å². The Morgan fingerprint density at radius 1 is 0.778 bits per heavy atom. The lowest BCUT2D eigenvalue weighted by molar-refractivity contribution is 0.133. The van der Waals surface area contributed by atoms with Crippen molar-refractivity contribution < 1.29 is 4.74 Å². The van der Waals surface area contributed by atoms with Crippen molar-refractivity contribution in [3.05, 3.63) is 35.9 Å².